The predicted octanol–water partition coefficient (Wildman–Crippen LogP) is 5.12. The zero-order valence-corrected chi connectivity index (χ0v) is 14.9. The molecule has 3 nitrogen and oxygen atoms in total. The van der Waals surface area contributed by atoms with E-state index in [0.29, 0.717) is 17.1 Å². The molecular formula is C14H12BrCl2NO2S. The molecule has 2 aromatic carbocycles. The third-order valence-electron chi connectivity index (χ3n) is 2.89. The molecule has 0 unspecified atom stereocenters. The summed E-state index contributed by atoms with van der Waals surface area (Å²) in [5, 5.41) is 0.513. The maximum absolute atomic E-state index is 12.4. The molecule has 0 saturated heterocycles. The van der Waals surface area contributed by atoms with E-state index in [1.165, 1.54) is 18.2 Å². The zero-order chi connectivity index (χ0) is 15.6. The lowest BCUT2D eigenvalue weighted by Crippen LogP contribution is -2.14. The van der Waals surface area contributed by atoms with Crippen LogP contribution in [0.2, 0.25) is 10.0 Å². The van der Waals surface area contributed by atoms with Crippen molar-refractivity contribution in [1.29, 1.82) is 0 Å². The molecule has 0 aliphatic rings. The van der Waals surface area contributed by atoms with E-state index in [0.717, 1.165) is 10.0 Å². The lowest BCUT2D eigenvalue weighted by atomic mass is 10.1. The Balaban J connectivity index is 2.39. The van der Waals surface area contributed by atoms with Crippen molar-refractivity contribution in [3.05, 3.63) is 56.5 Å². The number of halogens is 3. The van der Waals surface area contributed by atoms with Gasteiger partial charge in [-0.3, -0.25) is 4.72 Å². The van der Waals surface area contributed by atoms with Gasteiger partial charge >= 0.3 is 0 Å². The lowest BCUT2D eigenvalue weighted by molar-refractivity contribution is 0.601. The van der Waals surface area contributed by atoms with E-state index in [9.17, 15) is 8.42 Å². The van der Waals surface area contributed by atoms with Gasteiger partial charge < -0.3 is 0 Å². The Kier molecular flexibility index (Phi) is 5.20. The number of rotatable bonds is 4. The second-order valence-corrected chi connectivity index (χ2v) is 7.75. The lowest BCUT2D eigenvalue weighted by Gasteiger charge is -2.12. The molecule has 7 heteroatoms. The molecule has 0 fully saturated rings. The van der Waals surface area contributed by atoms with Crippen molar-refractivity contribution >= 4 is 54.8 Å². The number of hydrogen-bond donors (Lipinski definition) is 1. The van der Waals surface area contributed by atoms with Crippen LogP contribution >= 0.6 is 39.1 Å². The van der Waals surface area contributed by atoms with Gasteiger partial charge in [-0.1, -0.05) is 46.1 Å². The van der Waals surface area contributed by atoms with Gasteiger partial charge in [0.05, 0.1) is 20.6 Å². The Morgan fingerprint density at radius 3 is 2.43 bits per heavy atom. The fraction of sp³-hybridized carbons (Fsp3) is 0.143. The van der Waals surface area contributed by atoms with E-state index in [-0.39, 0.29) is 9.92 Å². The number of benzene rings is 2. The van der Waals surface area contributed by atoms with Gasteiger partial charge in [-0.05, 0) is 48.4 Å². The molecule has 0 saturated carbocycles. The largest absolute Gasteiger partial charge is 0.279 e. The third kappa shape index (κ3) is 3.92. The molecule has 0 aromatic heterocycles. The van der Waals surface area contributed by atoms with Crippen LogP contribution in [-0.4, -0.2) is 8.42 Å². The normalized spacial score (nSPS) is 11.4. The van der Waals surface area contributed by atoms with E-state index in [4.69, 9.17) is 23.2 Å². The highest BCUT2D eigenvalue weighted by atomic mass is 79.9. The number of sulfonamides is 1. The predicted molar refractivity (Wildman–Crippen MR) is 90.8 cm³/mol. The van der Waals surface area contributed by atoms with Crippen molar-refractivity contribution in [1.82, 2.24) is 0 Å². The molecule has 0 bridgehead atoms. The summed E-state index contributed by atoms with van der Waals surface area (Å²) in [5.41, 5.74) is 1.44. The number of nitrogens with one attached hydrogen (secondary N) is 1. The summed E-state index contributed by atoms with van der Waals surface area (Å²) in [6.45, 7) is 1.96. The number of anilines is 1. The fourth-order valence-electron chi connectivity index (χ4n) is 1.80. The summed E-state index contributed by atoms with van der Waals surface area (Å²) in [5.74, 6) is 0. The first-order valence-corrected chi connectivity index (χ1v) is 9.13. The molecular weight excluding hydrogens is 397 g/mol. The summed E-state index contributed by atoms with van der Waals surface area (Å²) in [6, 6.07) is 9.59. The average Bonchev–Trinajstić information content (AvgIpc) is 2.43. The summed E-state index contributed by atoms with van der Waals surface area (Å²) in [7, 11) is -3.71. The van der Waals surface area contributed by atoms with Crippen molar-refractivity contribution < 1.29 is 8.42 Å². The summed E-state index contributed by atoms with van der Waals surface area (Å²) >= 11 is 15.0. The molecule has 112 valence electrons. The Bertz CT molecular complexity index is 779. The van der Waals surface area contributed by atoms with Crippen molar-refractivity contribution in [2.75, 3.05) is 4.72 Å². The van der Waals surface area contributed by atoms with Gasteiger partial charge in [0.25, 0.3) is 10.0 Å². The summed E-state index contributed by atoms with van der Waals surface area (Å²) in [4.78, 5) is 0.0712. The SMILES string of the molecule is CCc1cc(Br)ccc1NS(=O)(=O)c1ccc(Cl)c(Cl)c1. The minimum atomic E-state index is -3.71. The van der Waals surface area contributed by atoms with Crippen LogP contribution in [0.15, 0.2) is 45.8 Å². The van der Waals surface area contributed by atoms with Gasteiger partial charge in [0, 0.05) is 4.47 Å². The van der Waals surface area contributed by atoms with Crippen LogP contribution < -0.4 is 4.72 Å². The van der Waals surface area contributed by atoms with Crippen LogP contribution in [0.4, 0.5) is 5.69 Å². The molecule has 1 N–H and O–H groups in total. The first-order valence-electron chi connectivity index (χ1n) is 6.10. The molecule has 21 heavy (non-hydrogen) atoms. The smallest absolute Gasteiger partial charge is 0.261 e. The van der Waals surface area contributed by atoms with Crippen LogP contribution in [0.5, 0.6) is 0 Å². The van der Waals surface area contributed by atoms with Gasteiger partial charge in [-0.25, -0.2) is 8.42 Å². The van der Waals surface area contributed by atoms with Crippen molar-refractivity contribution in [2.45, 2.75) is 18.2 Å². The van der Waals surface area contributed by atoms with Gasteiger partial charge in [0.2, 0.25) is 0 Å². The highest BCUT2D eigenvalue weighted by Gasteiger charge is 2.17. The Morgan fingerprint density at radius 1 is 1.10 bits per heavy atom. The van der Waals surface area contributed by atoms with E-state index < -0.39 is 10.0 Å². The van der Waals surface area contributed by atoms with Crippen molar-refractivity contribution in [2.24, 2.45) is 0 Å². The standard InChI is InChI=1S/C14H12BrCl2NO2S/c1-2-9-7-10(15)3-6-14(9)18-21(19,20)11-4-5-12(16)13(17)8-11/h3-8,18H,2H2,1H3. The molecule has 0 radical (unpaired) electrons. The molecule has 2 rings (SSSR count). The molecule has 0 aliphatic carbocycles. The van der Waals surface area contributed by atoms with Crippen LogP contribution in [0.25, 0.3) is 0 Å². The average molecular weight is 409 g/mol. The highest BCUT2D eigenvalue weighted by Crippen LogP contribution is 2.28. The fourth-order valence-corrected chi connectivity index (χ4v) is 3.70. The van der Waals surface area contributed by atoms with Gasteiger partial charge in [0.1, 0.15) is 0 Å². The Hall–Kier alpha value is -0.750. The van der Waals surface area contributed by atoms with E-state index in [1.54, 1.807) is 12.1 Å². The zero-order valence-electron chi connectivity index (χ0n) is 11.0. The highest BCUT2D eigenvalue weighted by molar-refractivity contribution is 9.10. The van der Waals surface area contributed by atoms with E-state index >= 15 is 0 Å². The second kappa shape index (κ2) is 6.57. The molecule has 0 heterocycles. The molecule has 0 spiro atoms. The van der Waals surface area contributed by atoms with Crippen molar-refractivity contribution in [3.8, 4) is 0 Å². The number of hydrogen-bond acceptors (Lipinski definition) is 2. The minimum Gasteiger partial charge on any atom is -0.279 e. The first-order chi connectivity index (χ1) is 9.83. The summed E-state index contributed by atoms with van der Waals surface area (Å²) in [6.07, 6.45) is 0.707. The maximum atomic E-state index is 12.4. The van der Waals surface area contributed by atoms with Gasteiger partial charge in [-0.2, -0.15) is 0 Å². The van der Waals surface area contributed by atoms with Gasteiger partial charge in [-0.15, -0.1) is 0 Å². The summed E-state index contributed by atoms with van der Waals surface area (Å²) < 4.78 is 28.3. The quantitative estimate of drug-likeness (QED) is 0.762. The van der Waals surface area contributed by atoms with Crippen LogP contribution in [0.1, 0.15) is 12.5 Å². The second-order valence-electron chi connectivity index (χ2n) is 4.34. The van der Waals surface area contributed by atoms with Crippen molar-refractivity contribution in [3.63, 3.8) is 0 Å². The minimum absolute atomic E-state index is 0.0712. The van der Waals surface area contributed by atoms with Crippen LogP contribution in [0, 0.1) is 0 Å². The monoisotopic (exact) mass is 407 g/mol. The molecule has 0 amide bonds. The van der Waals surface area contributed by atoms with Crippen LogP contribution in [-0.2, 0) is 16.4 Å². The Morgan fingerprint density at radius 2 is 1.81 bits per heavy atom. The third-order valence-corrected chi connectivity index (χ3v) is 5.49. The van der Waals surface area contributed by atoms with Crippen LogP contribution in [0.3, 0.4) is 0 Å². The molecule has 0 atom stereocenters. The van der Waals surface area contributed by atoms with Gasteiger partial charge in [0.15, 0.2) is 0 Å². The van der Waals surface area contributed by atoms with E-state index in [2.05, 4.69) is 20.7 Å². The first kappa shape index (κ1) is 16.6. The topological polar surface area (TPSA) is 46.2 Å². The van der Waals surface area contributed by atoms with E-state index in [1.807, 2.05) is 13.0 Å². The molecule has 2 aromatic rings. The number of aryl methyl sites for hydroxylation is 1. The maximum Gasteiger partial charge on any atom is 0.261 e. The molecule has 0 aliphatic heterocycles. The Labute approximate surface area is 142 Å².